The zero-order chi connectivity index (χ0) is 15.6. The van der Waals surface area contributed by atoms with Crippen LogP contribution in [0.15, 0.2) is 46.9 Å². The molecule has 0 radical (unpaired) electrons. The van der Waals surface area contributed by atoms with Gasteiger partial charge in [0.25, 0.3) is 5.91 Å². The Hall–Kier alpha value is -1.09. The second-order valence-corrected chi connectivity index (χ2v) is 6.31. The molecular weight excluding hydrogens is 462 g/mol. The van der Waals surface area contributed by atoms with Gasteiger partial charge in [-0.05, 0) is 65.1 Å². The Labute approximate surface area is 141 Å². The van der Waals surface area contributed by atoms with Crippen LogP contribution >= 0.6 is 38.5 Å². The largest absolute Gasteiger partial charge is 0.418 e. The van der Waals surface area contributed by atoms with Crippen LogP contribution < -0.4 is 5.32 Å². The highest BCUT2D eigenvalue weighted by Gasteiger charge is 2.34. The van der Waals surface area contributed by atoms with Crippen LogP contribution in [0.5, 0.6) is 0 Å². The Morgan fingerprint density at radius 1 is 1.10 bits per heavy atom. The van der Waals surface area contributed by atoms with Gasteiger partial charge in [0.2, 0.25) is 0 Å². The summed E-state index contributed by atoms with van der Waals surface area (Å²) in [4.78, 5) is 12.0. The summed E-state index contributed by atoms with van der Waals surface area (Å²) in [5.74, 6) is -0.589. The molecule has 0 spiro atoms. The predicted octanol–water partition coefficient (Wildman–Crippen LogP) is 5.32. The van der Waals surface area contributed by atoms with Crippen molar-refractivity contribution in [2.24, 2.45) is 0 Å². The molecule has 0 saturated carbocycles. The number of amides is 1. The summed E-state index contributed by atoms with van der Waals surface area (Å²) < 4.78 is 40.1. The van der Waals surface area contributed by atoms with E-state index in [9.17, 15) is 18.0 Å². The fraction of sp³-hybridized carbons (Fsp3) is 0.0714. The maximum absolute atomic E-state index is 13.0. The van der Waals surface area contributed by atoms with Gasteiger partial charge in [0.05, 0.1) is 11.3 Å². The zero-order valence-electron chi connectivity index (χ0n) is 10.3. The van der Waals surface area contributed by atoms with Crippen LogP contribution in [0.1, 0.15) is 15.9 Å². The van der Waals surface area contributed by atoms with Gasteiger partial charge in [-0.3, -0.25) is 4.79 Å². The van der Waals surface area contributed by atoms with Crippen LogP contribution in [-0.2, 0) is 6.18 Å². The lowest BCUT2D eigenvalue weighted by Crippen LogP contribution is -2.16. The van der Waals surface area contributed by atoms with E-state index in [0.29, 0.717) is 3.57 Å². The average molecular weight is 470 g/mol. The molecule has 0 aliphatic rings. The van der Waals surface area contributed by atoms with E-state index in [2.05, 4.69) is 21.2 Å². The number of anilines is 1. The van der Waals surface area contributed by atoms with Crippen LogP contribution in [0.2, 0.25) is 0 Å². The Morgan fingerprint density at radius 2 is 1.71 bits per heavy atom. The highest BCUT2D eigenvalue weighted by Crippen LogP contribution is 2.36. The summed E-state index contributed by atoms with van der Waals surface area (Å²) in [5.41, 5.74) is -0.833. The van der Waals surface area contributed by atoms with E-state index in [1.165, 1.54) is 24.3 Å². The van der Waals surface area contributed by atoms with Gasteiger partial charge in [-0.1, -0.05) is 15.9 Å². The molecule has 2 aromatic rings. The normalized spacial score (nSPS) is 11.3. The first-order chi connectivity index (χ1) is 9.77. The standard InChI is InChI=1S/C14H8BrF3INO/c15-9-3-1-8(2-4-9)13(21)20-12-6-5-10(19)7-11(12)14(16,17)18/h1-7H,(H,20,21). The molecule has 110 valence electrons. The number of hydrogen-bond donors (Lipinski definition) is 1. The molecule has 0 bridgehead atoms. The molecule has 2 nitrogen and oxygen atoms in total. The minimum atomic E-state index is -4.52. The van der Waals surface area contributed by atoms with Crippen molar-refractivity contribution in [2.75, 3.05) is 5.32 Å². The van der Waals surface area contributed by atoms with Gasteiger partial charge in [0, 0.05) is 13.6 Å². The molecule has 2 rings (SSSR count). The first-order valence-electron chi connectivity index (χ1n) is 5.71. The SMILES string of the molecule is O=C(Nc1ccc(I)cc1C(F)(F)F)c1ccc(Br)cc1. The molecule has 0 heterocycles. The van der Waals surface area contributed by atoms with E-state index < -0.39 is 17.6 Å². The first-order valence-corrected chi connectivity index (χ1v) is 7.58. The van der Waals surface area contributed by atoms with E-state index in [1.54, 1.807) is 34.7 Å². The van der Waals surface area contributed by atoms with Crippen molar-refractivity contribution in [3.63, 3.8) is 0 Å². The Bertz CT molecular complexity index is 671. The molecule has 0 unspecified atom stereocenters. The third-order valence-corrected chi connectivity index (χ3v) is 3.84. The van der Waals surface area contributed by atoms with Crippen LogP contribution in [0, 0.1) is 3.57 Å². The number of carbonyl (C=O) groups excluding carboxylic acids is 1. The Kier molecular flexibility index (Phi) is 4.92. The lowest BCUT2D eigenvalue weighted by molar-refractivity contribution is -0.137. The van der Waals surface area contributed by atoms with E-state index in [-0.39, 0.29) is 11.3 Å². The summed E-state index contributed by atoms with van der Waals surface area (Å²) >= 11 is 5.02. The zero-order valence-corrected chi connectivity index (χ0v) is 14.1. The van der Waals surface area contributed by atoms with Crippen molar-refractivity contribution in [3.8, 4) is 0 Å². The fourth-order valence-electron chi connectivity index (χ4n) is 1.66. The summed E-state index contributed by atoms with van der Waals surface area (Å²) in [6.07, 6.45) is -4.52. The lowest BCUT2D eigenvalue weighted by atomic mass is 10.1. The predicted molar refractivity (Wildman–Crippen MR) is 86.3 cm³/mol. The molecular formula is C14H8BrF3INO. The van der Waals surface area contributed by atoms with Crippen molar-refractivity contribution >= 4 is 50.1 Å². The molecule has 0 saturated heterocycles. The van der Waals surface area contributed by atoms with E-state index >= 15 is 0 Å². The molecule has 0 atom stereocenters. The number of nitrogens with one attached hydrogen (secondary N) is 1. The molecule has 0 aliphatic heterocycles. The van der Waals surface area contributed by atoms with Gasteiger partial charge in [-0.25, -0.2) is 0 Å². The topological polar surface area (TPSA) is 29.1 Å². The second-order valence-electron chi connectivity index (χ2n) is 4.15. The van der Waals surface area contributed by atoms with Crippen molar-refractivity contribution < 1.29 is 18.0 Å². The second kappa shape index (κ2) is 6.35. The fourth-order valence-corrected chi connectivity index (χ4v) is 2.41. The van der Waals surface area contributed by atoms with Gasteiger partial charge in [0.1, 0.15) is 0 Å². The van der Waals surface area contributed by atoms with Gasteiger partial charge in [0.15, 0.2) is 0 Å². The number of benzene rings is 2. The maximum atomic E-state index is 13.0. The summed E-state index contributed by atoms with van der Waals surface area (Å²) in [6, 6.07) is 10.1. The highest BCUT2D eigenvalue weighted by molar-refractivity contribution is 14.1. The summed E-state index contributed by atoms with van der Waals surface area (Å²) in [6.45, 7) is 0. The smallest absolute Gasteiger partial charge is 0.321 e. The number of alkyl halides is 3. The molecule has 21 heavy (non-hydrogen) atoms. The monoisotopic (exact) mass is 469 g/mol. The molecule has 0 fully saturated rings. The van der Waals surface area contributed by atoms with Crippen LogP contribution in [0.4, 0.5) is 18.9 Å². The third-order valence-electron chi connectivity index (χ3n) is 2.64. The third kappa shape index (κ3) is 4.19. The molecule has 7 heteroatoms. The van der Waals surface area contributed by atoms with E-state index in [1.807, 2.05) is 0 Å². The van der Waals surface area contributed by atoms with Gasteiger partial charge < -0.3 is 5.32 Å². The average Bonchev–Trinajstić information content (AvgIpc) is 2.40. The number of hydrogen-bond acceptors (Lipinski definition) is 1. The Balaban J connectivity index is 2.31. The van der Waals surface area contributed by atoms with Crippen molar-refractivity contribution in [1.82, 2.24) is 0 Å². The summed E-state index contributed by atoms with van der Waals surface area (Å²) in [7, 11) is 0. The van der Waals surface area contributed by atoms with E-state index in [0.717, 1.165) is 10.5 Å². The van der Waals surface area contributed by atoms with Gasteiger partial charge in [-0.15, -0.1) is 0 Å². The van der Waals surface area contributed by atoms with Crippen LogP contribution in [-0.4, -0.2) is 5.91 Å². The van der Waals surface area contributed by atoms with Gasteiger partial charge in [-0.2, -0.15) is 13.2 Å². The van der Waals surface area contributed by atoms with Crippen molar-refractivity contribution in [1.29, 1.82) is 0 Å². The molecule has 2 aromatic carbocycles. The number of rotatable bonds is 2. The van der Waals surface area contributed by atoms with Crippen LogP contribution in [0.25, 0.3) is 0 Å². The lowest BCUT2D eigenvalue weighted by Gasteiger charge is -2.14. The molecule has 1 amide bonds. The van der Waals surface area contributed by atoms with Crippen molar-refractivity contribution in [2.45, 2.75) is 6.18 Å². The Morgan fingerprint density at radius 3 is 2.29 bits per heavy atom. The summed E-state index contributed by atoms with van der Waals surface area (Å²) in [5, 5.41) is 2.30. The minimum Gasteiger partial charge on any atom is -0.321 e. The minimum absolute atomic E-state index is 0.254. The highest BCUT2D eigenvalue weighted by atomic mass is 127. The van der Waals surface area contributed by atoms with Crippen LogP contribution in [0.3, 0.4) is 0 Å². The number of carbonyl (C=O) groups is 1. The number of halogens is 5. The van der Waals surface area contributed by atoms with E-state index in [4.69, 9.17) is 0 Å². The first kappa shape index (κ1) is 16.3. The molecule has 0 aromatic heterocycles. The maximum Gasteiger partial charge on any atom is 0.418 e. The van der Waals surface area contributed by atoms with Gasteiger partial charge >= 0.3 is 6.18 Å². The molecule has 0 aliphatic carbocycles. The van der Waals surface area contributed by atoms with Crippen molar-refractivity contribution in [3.05, 3.63) is 61.6 Å². The quantitative estimate of drug-likeness (QED) is 0.592. The molecule has 1 N–H and O–H groups in total.